The van der Waals surface area contributed by atoms with E-state index in [1.807, 2.05) is 30.3 Å². The van der Waals surface area contributed by atoms with Crippen LogP contribution in [0.2, 0.25) is 5.02 Å². The Labute approximate surface area is 175 Å². The van der Waals surface area contributed by atoms with Gasteiger partial charge in [-0.15, -0.1) is 0 Å². The van der Waals surface area contributed by atoms with Crippen molar-refractivity contribution in [1.82, 2.24) is 5.32 Å². The third-order valence-corrected chi connectivity index (χ3v) is 5.33. The summed E-state index contributed by atoms with van der Waals surface area (Å²) in [4.78, 5) is 11.1. The van der Waals surface area contributed by atoms with E-state index in [2.05, 4.69) is 5.32 Å². The second-order valence-corrected chi connectivity index (χ2v) is 7.74. The Hall–Kier alpha value is -2.25. The monoisotopic (exact) mass is 416 g/mol. The number of amidine groups is 1. The standard InChI is InChI=1S/C22H25ClN2O4/c1-13(27)25-22(24)15-4-2-14(3-5-15)8-17-9-16(6-7-20(17)23)21-11-18(28)10-19(12-26)29-21/h2-7,9,18-19,21,26,28H,8,10-12H2,1H3,(H2,24,25,27)/t18-,19-,21+/m0/s1. The molecule has 154 valence electrons. The van der Waals surface area contributed by atoms with Crippen LogP contribution in [0.15, 0.2) is 42.5 Å². The van der Waals surface area contributed by atoms with Gasteiger partial charge in [0.15, 0.2) is 0 Å². The lowest BCUT2D eigenvalue weighted by atomic mass is 9.94. The number of rotatable bonds is 5. The summed E-state index contributed by atoms with van der Waals surface area (Å²) in [6.07, 6.45) is 0.363. The van der Waals surface area contributed by atoms with Gasteiger partial charge in [-0.1, -0.05) is 48.0 Å². The number of carbonyl (C=O) groups is 1. The van der Waals surface area contributed by atoms with Gasteiger partial charge >= 0.3 is 0 Å². The number of halogens is 1. The fourth-order valence-electron chi connectivity index (χ4n) is 3.51. The highest BCUT2D eigenvalue weighted by molar-refractivity contribution is 6.31. The fraction of sp³-hybridized carbons (Fsp3) is 0.364. The molecule has 1 saturated heterocycles. The maximum Gasteiger partial charge on any atom is 0.222 e. The number of aliphatic hydroxyl groups is 2. The van der Waals surface area contributed by atoms with E-state index >= 15 is 0 Å². The summed E-state index contributed by atoms with van der Waals surface area (Å²) in [5.74, 6) is -0.211. The second kappa shape index (κ2) is 9.50. The average Bonchev–Trinajstić information content (AvgIpc) is 2.69. The summed E-state index contributed by atoms with van der Waals surface area (Å²) in [5, 5.41) is 30.4. The molecule has 2 aromatic rings. The Kier molecular flexibility index (Phi) is 7.03. The quantitative estimate of drug-likeness (QED) is 0.444. The molecular formula is C22H25ClN2O4. The number of amides is 1. The molecule has 0 unspecified atom stereocenters. The molecule has 29 heavy (non-hydrogen) atoms. The zero-order valence-corrected chi connectivity index (χ0v) is 16.9. The maximum absolute atomic E-state index is 11.1. The Morgan fingerprint density at radius 2 is 1.97 bits per heavy atom. The molecule has 1 heterocycles. The van der Waals surface area contributed by atoms with E-state index in [1.54, 1.807) is 12.1 Å². The van der Waals surface area contributed by atoms with Gasteiger partial charge in [0.25, 0.3) is 0 Å². The van der Waals surface area contributed by atoms with E-state index < -0.39 is 6.10 Å². The lowest BCUT2D eigenvalue weighted by molar-refractivity contribution is -0.117. The van der Waals surface area contributed by atoms with Gasteiger partial charge in [-0.05, 0) is 29.2 Å². The highest BCUT2D eigenvalue weighted by Gasteiger charge is 2.29. The number of aliphatic hydroxyl groups excluding tert-OH is 2. The van der Waals surface area contributed by atoms with E-state index in [9.17, 15) is 15.0 Å². The highest BCUT2D eigenvalue weighted by Crippen LogP contribution is 2.33. The molecule has 7 heteroatoms. The molecule has 1 aliphatic rings. The van der Waals surface area contributed by atoms with Crippen molar-refractivity contribution in [3.63, 3.8) is 0 Å². The number of benzene rings is 2. The van der Waals surface area contributed by atoms with Gasteiger partial charge in [0.1, 0.15) is 5.84 Å². The molecule has 0 bridgehead atoms. The van der Waals surface area contributed by atoms with E-state index in [-0.39, 0.29) is 30.6 Å². The largest absolute Gasteiger partial charge is 0.394 e. The summed E-state index contributed by atoms with van der Waals surface area (Å²) < 4.78 is 5.90. The van der Waals surface area contributed by atoms with Crippen LogP contribution < -0.4 is 5.32 Å². The van der Waals surface area contributed by atoms with Gasteiger partial charge < -0.3 is 20.3 Å². The van der Waals surface area contributed by atoms with E-state index in [4.69, 9.17) is 21.7 Å². The van der Waals surface area contributed by atoms with Crippen LogP contribution in [0.4, 0.5) is 0 Å². The Balaban J connectivity index is 1.75. The molecule has 3 rings (SSSR count). The first-order chi connectivity index (χ1) is 13.9. The smallest absolute Gasteiger partial charge is 0.222 e. The Morgan fingerprint density at radius 3 is 2.62 bits per heavy atom. The summed E-state index contributed by atoms with van der Waals surface area (Å²) in [7, 11) is 0. The van der Waals surface area contributed by atoms with Gasteiger partial charge in [0.2, 0.25) is 5.91 Å². The maximum atomic E-state index is 11.1. The molecule has 0 spiro atoms. The van der Waals surface area contributed by atoms with E-state index in [1.165, 1.54) is 6.92 Å². The summed E-state index contributed by atoms with van der Waals surface area (Å²) in [5.41, 5.74) is 3.49. The Bertz CT molecular complexity index is 885. The number of carbonyl (C=O) groups excluding carboxylic acids is 1. The molecule has 1 aliphatic heterocycles. The van der Waals surface area contributed by atoms with Crippen LogP contribution in [-0.4, -0.2) is 40.8 Å². The predicted molar refractivity (Wildman–Crippen MR) is 111 cm³/mol. The number of ether oxygens (including phenoxy) is 1. The first-order valence-electron chi connectivity index (χ1n) is 9.54. The molecule has 0 aliphatic carbocycles. The minimum absolute atomic E-state index is 0.0653. The van der Waals surface area contributed by atoms with E-state index in [0.29, 0.717) is 29.8 Å². The van der Waals surface area contributed by atoms with Crippen LogP contribution >= 0.6 is 11.6 Å². The normalized spacial score (nSPS) is 21.6. The molecule has 3 atom stereocenters. The molecular weight excluding hydrogens is 392 g/mol. The summed E-state index contributed by atoms with van der Waals surface area (Å²) >= 11 is 6.40. The molecule has 1 amide bonds. The van der Waals surface area contributed by atoms with Crippen molar-refractivity contribution in [2.75, 3.05) is 6.61 Å². The van der Waals surface area contributed by atoms with Gasteiger partial charge in [0.05, 0.1) is 24.9 Å². The summed E-state index contributed by atoms with van der Waals surface area (Å²) in [6.45, 7) is 1.25. The summed E-state index contributed by atoms with van der Waals surface area (Å²) in [6, 6.07) is 13.1. The zero-order chi connectivity index (χ0) is 21.0. The molecule has 1 fully saturated rings. The molecule has 0 saturated carbocycles. The molecule has 4 N–H and O–H groups in total. The van der Waals surface area contributed by atoms with Crippen molar-refractivity contribution in [2.24, 2.45) is 0 Å². The average molecular weight is 417 g/mol. The third-order valence-electron chi connectivity index (χ3n) is 4.96. The van der Waals surface area contributed by atoms with Crippen molar-refractivity contribution < 1.29 is 19.7 Å². The third kappa shape index (κ3) is 5.64. The minimum Gasteiger partial charge on any atom is -0.394 e. The van der Waals surface area contributed by atoms with Crippen molar-refractivity contribution in [2.45, 2.75) is 44.5 Å². The van der Waals surface area contributed by atoms with Crippen molar-refractivity contribution in [1.29, 1.82) is 5.41 Å². The molecule has 0 aromatic heterocycles. The van der Waals surface area contributed by atoms with Crippen LogP contribution in [0.1, 0.15) is 48.1 Å². The minimum atomic E-state index is -0.503. The van der Waals surface area contributed by atoms with Crippen molar-refractivity contribution in [3.8, 4) is 0 Å². The predicted octanol–water partition coefficient (Wildman–Crippen LogP) is 2.97. The highest BCUT2D eigenvalue weighted by atomic mass is 35.5. The number of hydrogen-bond donors (Lipinski definition) is 4. The Morgan fingerprint density at radius 1 is 1.24 bits per heavy atom. The first kappa shape index (κ1) is 21.5. The SMILES string of the molecule is CC(=O)NC(=N)c1ccc(Cc2cc([C@H]3C[C@@H](O)C[C@@H](CO)O3)ccc2Cl)cc1. The molecule has 2 aromatic carbocycles. The van der Waals surface area contributed by atoms with Gasteiger partial charge in [0, 0.05) is 30.4 Å². The van der Waals surface area contributed by atoms with Gasteiger partial charge in [-0.2, -0.15) is 0 Å². The van der Waals surface area contributed by atoms with Crippen LogP contribution in [-0.2, 0) is 16.0 Å². The number of nitrogens with one attached hydrogen (secondary N) is 2. The lowest BCUT2D eigenvalue weighted by Gasteiger charge is -2.32. The van der Waals surface area contributed by atoms with Crippen LogP contribution in [0.25, 0.3) is 0 Å². The first-order valence-corrected chi connectivity index (χ1v) is 9.91. The van der Waals surface area contributed by atoms with Crippen LogP contribution in [0.3, 0.4) is 0 Å². The zero-order valence-electron chi connectivity index (χ0n) is 16.2. The topological polar surface area (TPSA) is 103 Å². The number of hydrogen-bond acceptors (Lipinski definition) is 5. The van der Waals surface area contributed by atoms with Crippen molar-refractivity contribution >= 4 is 23.3 Å². The van der Waals surface area contributed by atoms with Gasteiger partial charge in [-0.25, -0.2) is 0 Å². The second-order valence-electron chi connectivity index (χ2n) is 7.34. The lowest BCUT2D eigenvalue weighted by Crippen LogP contribution is -2.33. The molecule has 6 nitrogen and oxygen atoms in total. The van der Waals surface area contributed by atoms with E-state index in [0.717, 1.165) is 16.7 Å². The van der Waals surface area contributed by atoms with Crippen molar-refractivity contribution in [3.05, 3.63) is 69.7 Å². The van der Waals surface area contributed by atoms with Crippen LogP contribution in [0.5, 0.6) is 0 Å². The fourth-order valence-corrected chi connectivity index (χ4v) is 3.69. The molecule has 0 radical (unpaired) electrons. The van der Waals surface area contributed by atoms with Crippen LogP contribution in [0, 0.1) is 5.41 Å². The van der Waals surface area contributed by atoms with Gasteiger partial charge in [-0.3, -0.25) is 10.2 Å².